The van der Waals surface area contributed by atoms with Crippen LogP contribution in [0, 0.1) is 4.64 Å². The number of nitrogens with one attached hydrogen (secondary N) is 1. The van der Waals surface area contributed by atoms with Crippen molar-refractivity contribution in [2.45, 2.75) is 6.54 Å². The third-order valence-electron chi connectivity index (χ3n) is 3.06. The number of aromatic nitrogens is 2. The molecule has 19 heavy (non-hydrogen) atoms. The molecule has 1 aromatic heterocycles. The van der Waals surface area contributed by atoms with Gasteiger partial charge in [0, 0.05) is 0 Å². The molecule has 0 atom stereocenters. The maximum Gasteiger partial charge on any atom is 0.122 e. The van der Waals surface area contributed by atoms with Gasteiger partial charge < -0.3 is 0 Å². The molecule has 2 aromatic carbocycles. The normalized spacial score (nSPS) is 10.5. The van der Waals surface area contributed by atoms with Gasteiger partial charge in [-0.05, 0) is 17.2 Å². The Balaban J connectivity index is 1.93. The molecular formula is C16H14N2S. The fraction of sp³-hybridized carbons (Fsp3) is 0.0625. The van der Waals surface area contributed by atoms with E-state index in [0.29, 0.717) is 0 Å². The molecule has 0 aliphatic carbocycles. The van der Waals surface area contributed by atoms with Crippen LogP contribution in [0.5, 0.6) is 0 Å². The zero-order chi connectivity index (χ0) is 13.1. The minimum absolute atomic E-state index is 0.770. The van der Waals surface area contributed by atoms with Gasteiger partial charge in [0.1, 0.15) is 4.64 Å². The first-order valence-corrected chi connectivity index (χ1v) is 6.63. The van der Waals surface area contributed by atoms with E-state index in [9.17, 15) is 0 Å². The van der Waals surface area contributed by atoms with Crippen molar-refractivity contribution in [3.8, 4) is 11.3 Å². The number of aromatic amines is 1. The lowest BCUT2D eigenvalue weighted by atomic mass is 10.2. The average molecular weight is 266 g/mol. The fourth-order valence-electron chi connectivity index (χ4n) is 2.08. The van der Waals surface area contributed by atoms with Gasteiger partial charge in [-0.2, -0.15) is 0 Å². The Morgan fingerprint density at radius 3 is 2.21 bits per heavy atom. The van der Waals surface area contributed by atoms with Gasteiger partial charge in [0.2, 0.25) is 0 Å². The largest absolute Gasteiger partial charge is 0.297 e. The van der Waals surface area contributed by atoms with E-state index < -0.39 is 0 Å². The number of nitrogens with zero attached hydrogens (tertiary/aromatic N) is 1. The smallest absolute Gasteiger partial charge is 0.122 e. The molecule has 0 saturated carbocycles. The molecule has 94 valence electrons. The molecule has 0 spiro atoms. The van der Waals surface area contributed by atoms with Crippen LogP contribution < -0.4 is 0 Å². The Kier molecular flexibility index (Phi) is 3.29. The van der Waals surface area contributed by atoms with Gasteiger partial charge >= 0.3 is 0 Å². The molecule has 3 rings (SSSR count). The van der Waals surface area contributed by atoms with Crippen molar-refractivity contribution in [1.29, 1.82) is 0 Å². The van der Waals surface area contributed by atoms with Crippen LogP contribution in [0.25, 0.3) is 11.3 Å². The summed E-state index contributed by atoms with van der Waals surface area (Å²) in [5.74, 6) is 0. The van der Waals surface area contributed by atoms with Crippen LogP contribution >= 0.6 is 12.2 Å². The molecule has 0 aliphatic heterocycles. The minimum atomic E-state index is 0.770. The predicted octanol–water partition coefficient (Wildman–Crippen LogP) is 4.26. The van der Waals surface area contributed by atoms with Crippen molar-refractivity contribution in [3.05, 3.63) is 76.9 Å². The van der Waals surface area contributed by atoms with Gasteiger partial charge in [0.05, 0.1) is 12.2 Å². The Morgan fingerprint density at radius 2 is 1.53 bits per heavy atom. The summed E-state index contributed by atoms with van der Waals surface area (Å²) in [5.41, 5.74) is 3.45. The highest BCUT2D eigenvalue weighted by Crippen LogP contribution is 2.17. The summed E-state index contributed by atoms with van der Waals surface area (Å²) in [6.45, 7) is 0.770. The molecule has 3 heteroatoms. The van der Waals surface area contributed by atoms with E-state index in [1.807, 2.05) is 47.1 Å². The van der Waals surface area contributed by atoms with Gasteiger partial charge in [-0.3, -0.25) is 9.78 Å². The van der Waals surface area contributed by atoms with Crippen molar-refractivity contribution < 1.29 is 0 Å². The van der Waals surface area contributed by atoms with Gasteiger partial charge in [-0.1, -0.05) is 72.9 Å². The van der Waals surface area contributed by atoms with Crippen LogP contribution in [0.15, 0.2) is 66.7 Å². The first-order chi connectivity index (χ1) is 9.33. The van der Waals surface area contributed by atoms with E-state index in [-0.39, 0.29) is 0 Å². The number of rotatable bonds is 3. The predicted molar refractivity (Wildman–Crippen MR) is 80.6 cm³/mol. The molecule has 1 heterocycles. The quantitative estimate of drug-likeness (QED) is 0.702. The summed E-state index contributed by atoms with van der Waals surface area (Å²) in [5, 5.41) is 3.36. The van der Waals surface area contributed by atoms with E-state index >= 15 is 0 Å². The van der Waals surface area contributed by atoms with Crippen molar-refractivity contribution in [2.24, 2.45) is 0 Å². The molecule has 0 amide bonds. The second-order valence-corrected chi connectivity index (χ2v) is 4.86. The zero-order valence-electron chi connectivity index (χ0n) is 10.4. The summed E-state index contributed by atoms with van der Waals surface area (Å²) in [6.07, 6.45) is 0. The first kappa shape index (κ1) is 11.9. The molecule has 0 bridgehead atoms. The van der Waals surface area contributed by atoms with Gasteiger partial charge in [0.25, 0.3) is 0 Å². The van der Waals surface area contributed by atoms with Crippen LogP contribution in [-0.4, -0.2) is 9.78 Å². The highest BCUT2D eigenvalue weighted by atomic mass is 32.1. The molecule has 0 unspecified atom stereocenters. The van der Waals surface area contributed by atoms with E-state index in [4.69, 9.17) is 12.2 Å². The lowest BCUT2D eigenvalue weighted by Gasteiger charge is -2.03. The topological polar surface area (TPSA) is 20.7 Å². The van der Waals surface area contributed by atoms with Gasteiger partial charge in [-0.15, -0.1) is 0 Å². The van der Waals surface area contributed by atoms with Crippen molar-refractivity contribution in [1.82, 2.24) is 9.78 Å². The molecule has 0 radical (unpaired) electrons. The van der Waals surface area contributed by atoms with Crippen molar-refractivity contribution in [2.75, 3.05) is 0 Å². The Bertz CT molecular complexity index is 711. The zero-order valence-corrected chi connectivity index (χ0v) is 11.2. The third-order valence-corrected chi connectivity index (χ3v) is 3.40. The molecule has 0 saturated heterocycles. The molecule has 1 N–H and O–H groups in total. The maximum absolute atomic E-state index is 5.40. The molecule has 2 nitrogen and oxygen atoms in total. The van der Waals surface area contributed by atoms with E-state index in [1.165, 1.54) is 5.56 Å². The number of benzene rings is 2. The first-order valence-electron chi connectivity index (χ1n) is 6.22. The molecule has 0 fully saturated rings. The van der Waals surface area contributed by atoms with Gasteiger partial charge in [-0.25, -0.2) is 0 Å². The molecule has 3 aromatic rings. The lowest BCUT2D eigenvalue weighted by Crippen LogP contribution is -2.01. The summed E-state index contributed by atoms with van der Waals surface area (Å²) in [6, 6.07) is 22.5. The second kappa shape index (κ2) is 5.24. The fourth-order valence-corrected chi connectivity index (χ4v) is 2.31. The summed E-state index contributed by atoms with van der Waals surface area (Å²) in [4.78, 5) is 0. The Labute approximate surface area is 117 Å². The third kappa shape index (κ3) is 2.66. The van der Waals surface area contributed by atoms with Crippen LogP contribution in [0.3, 0.4) is 0 Å². The van der Waals surface area contributed by atoms with Crippen LogP contribution in [0.1, 0.15) is 5.56 Å². The summed E-state index contributed by atoms with van der Waals surface area (Å²) in [7, 11) is 0. The summed E-state index contributed by atoms with van der Waals surface area (Å²) < 4.78 is 2.82. The number of hydrogen-bond donors (Lipinski definition) is 1. The minimum Gasteiger partial charge on any atom is -0.297 e. The SMILES string of the molecule is S=c1cc(-c2ccccc2)[nH]n1Cc1ccccc1. The van der Waals surface area contributed by atoms with E-state index in [2.05, 4.69) is 29.4 Å². The molecule has 0 aliphatic rings. The Morgan fingerprint density at radius 1 is 0.895 bits per heavy atom. The molecular weight excluding hydrogens is 252 g/mol. The lowest BCUT2D eigenvalue weighted by molar-refractivity contribution is 0.680. The van der Waals surface area contributed by atoms with Crippen LogP contribution in [0.2, 0.25) is 0 Å². The average Bonchev–Trinajstić information content (AvgIpc) is 2.82. The number of hydrogen-bond acceptors (Lipinski definition) is 1. The van der Waals surface area contributed by atoms with E-state index in [0.717, 1.165) is 22.4 Å². The van der Waals surface area contributed by atoms with E-state index in [1.54, 1.807) is 0 Å². The van der Waals surface area contributed by atoms with Crippen LogP contribution in [-0.2, 0) is 6.54 Å². The van der Waals surface area contributed by atoms with Crippen molar-refractivity contribution in [3.63, 3.8) is 0 Å². The maximum atomic E-state index is 5.40. The highest BCUT2D eigenvalue weighted by Gasteiger charge is 2.03. The summed E-state index contributed by atoms with van der Waals surface area (Å²) >= 11 is 5.40. The second-order valence-electron chi connectivity index (χ2n) is 4.45. The number of H-pyrrole nitrogens is 1. The van der Waals surface area contributed by atoms with Gasteiger partial charge in [0.15, 0.2) is 0 Å². The monoisotopic (exact) mass is 266 g/mol. The van der Waals surface area contributed by atoms with Crippen LogP contribution in [0.4, 0.5) is 0 Å². The standard InChI is InChI=1S/C16H14N2S/c19-16-11-15(14-9-5-2-6-10-14)17-18(16)12-13-7-3-1-4-8-13/h1-11,17H,12H2. The Hall–Kier alpha value is -2.13. The van der Waals surface area contributed by atoms with Crippen molar-refractivity contribution >= 4 is 12.2 Å². The highest BCUT2D eigenvalue weighted by molar-refractivity contribution is 7.71.